The Labute approximate surface area is 76.4 Å². The Morgan fingerprint density at radius 1 is 1.42 bits per heavy atom. The zero-order valence-electron chi connectivity index (χ0n) is 8.78. The van der Waals surface area contributed by atoms with E-state index in [0.717, 1.165) is 6.42 Å². The van der Waals surface area contributed by atoms with Crippen LogP contribution in [-0.2, 0) is 0 Å². The summed E-state index contributed by atoms with van der Waals surface area (Å²) in [5, 5.41) is 0. The van der Waals surface area contributed by atoms with E-state index in [0.29, 0.717) is 5.41 Å². The molecule has 0 atom stereocenters. The summed E-state index contributed by atoms with van der Waals surface area (Å²) in [5.74, 6) is 0. The van der Waals surface area contributed by atoms with E-state index in [4.69, 9.17) is 0 Å². The maximum absolute atomic E-state index is 2.36. The van der Waals surface area contributed by atoms with Gasteiger partial charge in [0.25, 0.3) is 0 Å². The van der Waals surface area contributed by atoms with Gasteiger partial charge in [-0.25, -0.2) is 0 Å². The molecule has 0 aromatic heterocycles. The number of hydrogen-bond acceptors (Lipinski definition) is 0. The van der Waals surface area contributed by atoms with Crippen molar-refractivity contribution in [3.8, 4) is 0 Å². The van der Waals surface area contributed by atoms with Crippen molar-refractivity contribution in [3.05, 3.63) is 23.3 Å². The van der Waals surface area contributed by atoms with Gasteiger partial charge in [0.15, 0.2) is 0 Å². The van der Waals surface area contributed by atoms with Crippen LogP contribution in [0.2, 0.25) is 0 Å². The molecule has 1 aliphatic carbocycles. The van der Waals surface area contributed by atoms with Gasteiger partial charge in [0.2, 0.25) is 0 Å². The molecule has 0 amide bonds. The standard InChI is InChI=1S/C12H20/c1-5-6-11-7-10(2)8-12(3,4)9-11/h6-7H,5,8-9H2,1-4H3. The predicted molar refractivity (Wildman–Crippen MR) is 55.1 cm³/mol. The molecule has 0 aromatic carbocycles. The minimum absolute atomic E-state index is 0.486. The average Bonchev–Trinajstić information content (AvgIpc) is 1.82. The third kappa shape index (κ3) is 2.51. The maximum Gasteiger partial charge on any atom is -0.0227 e. The van der Waals surface area contributed by atoms with E-state index in [-0.39, 0.29) is 0 Å². The fourth-order valence-electron chi connectivity index (χ4n) is 2.18. The van der Waals surface area contributed by atoms with Crippen molar-refractivity contribution in [2.24, 2.45) is 5.41 Å². The van der Waals surface area contributed by atoms with Crippen LogP contribution in [-0.4, -0.2) is 0 Å². The molecule has 68 valence electrons. The van der Waals surface area contributed by atoms with E-state index < -0.39 is 0 Å². The molecule has 1 aliphatic rings. The van der Waals surface area contributed by atoms with Gasteiger partial charge >= 0.3 is 0 Å². The van der Waals surface area contributed by atoms with Crippen molar-refractivity contribution in [2.45, 2.75) is 47.0 Å². The molecule has 0 aliphatic heterocycles. The summed E-state index contributed by atoms with van der Waals surface area (Å²) >= 11 is 0. The summed E-state index contributed by atoms with van der Waals surface area (Å²) in [7, 11) is 0. The molecule has 0 saturated carbocycles. The SMILES string of the molecule is CCC=C1C=C(C)CC(C)(C)C1. The van der Waals surface area contributed by atoms with E-state index in [1.165, 1.54) is 24.0 Å². The molecule has 0 N–H and O–H groups in total. The Morgan fingerprint density at radius 2 is 2.08 bits per heavy atom. The van der Waals surface area contributed by atoms with E-state index in [2.05, 4.69) is 39.8 Å². The third-order valence-corrected chi connectivity index (χ3v) is 2.34. The van der Waals surface area contributed by atoms with Crippen molar-refractivity contribution in [3.63, 3.8) is 0 Å². The van der Waals surface area contributed by atoms with Crippen LogP contribution in [0.25, 0.3) is 0 Å². The normalized spacial score (nSPS) is 25.7. The summed E-state index contributed by atoms with van der Waals surface area (Å²) in [4.78, 5) is 0. The lowest BCUT2D eigenvalue weighted by Crippen LogP contribution is -2.16. The van der Waals surface area contributed by atoms with E-state index in [1.54, 1.807) is 0 Å². The first kappa shape index (κ1) is 9.57. The zero-order valence-corrected chi connectivity index (χ0v) is 8.78. The van der Waals surface area contributed by atoms with Gasteiger partial charge in [-0.05, 0) is 31.6 Å². The van der Waals surface area contributed by atoms with Gasteiger partial charge in [0.05, 0.1) is 0 Å². The lowest BCUT2D eigenvalue weighted by molar-refractivity contribution is 0.351. The number of hydrogen-bond donors (Lipinski definition) is 0. The topological polar surface area (TPSA) is 0 Å². The van der Waals surface area contributed by atoms with Crippen LogP contribution in [0.15, 0.2) is 23.3 Å². The van der Waals surface area contributed by atoms with Crippen molar-refractivity contribution < 1.29 is 0 Å². The Hall–Kier alpha value is -0.520. The highest BCUT2D eigenvalue weighted by Gasteiger charge is 2.22. The van der Waals surface area contributed by atoms with Crippen molar-refractivity contribution in [2.75, 3.05) is 0 Å². The quantitative estimate of drug-likeness (QED) is 0.547. The van der Waals surface area contributed by atoms with Gasteiger partial charge < -0.3 is 0 Å². The Bertz CT molecular complexity index is 216. The minimum atomic E-state index is 0.486. The summed E-state index contributed by atoms with van der Waals surface area (Å²) in [6, 6.07) is 0. The molecule has 0 heteroatoms. The maximum atomic E-state index is 2.36. The minimum Gasteiger partial charge on any atom is -0.0816 e. The highest BCUT2D eigenvalue weighted by atomic mass is 14.3. The Morgan fingerprint density at radius 3 is 2.58 bits per heavy atom. The monoisotopic (exact) mass is 164 g/mol. The van der Waals surface area contributed by atoms with Crippen LogP contribution in [0.5, 0.6) is 0 Å². The molecular formula is C12H20. The van der Waals surface area contributed by atoms with Crippen LogP contribution in [0.3, 0.4) is 0 Å². The lowest BCUT2D eigenvalue weighted by atomic mass is 9.75. The summed E-state index contributed by atoms with van der Waals surface area (Å²) in [6.45, 7) is 9.15. The second-order valence-electron chi connectivity index (χ2n) is 4.70. The third-order valence-electron chi connectivity index (χ3n) is 2.34. The molecule has 0 radical (unpaired) electrons. The highest BCUT2D eigenvalue weighted by molar-refractivity contribution is 5.28. The van der Waals surface area contributed by atoms with Gasteiger partial charge in [-0.2, -0.15) is 0 Å². The van der Waals surface area contributed by atoms with Crippen LogP contribution in [0, 0.1) is 5.41 Å². The van der Waals surface area contributed by atoms with Gasteiger partial charge in [-0.15, -0.1) is 0 Å². The fourth-order valence-corrected chi connectivity index (χ4v) is 2.18. The molecule has 0 nitrogen and oxygen atoms in total. The van der Waals surface area contributed by atoms with Gasteiger partial charge in [0.1, 0.15) is 0 Å². The molecule has 0 fully saturated rings. The largest absolute Gasteiger partial charge is 0.0816 e. The molecule has 0 heterocycles. The first-order valence-electron chi connectivity index (χ1n) is 4.90. The molecule has 0 bridgehead atoms. The zero-order chi connectivity index (χ0) is 9.19. The summed E-state index contributed by atoms with van der Waals surface area (Å²) in [6.07, 6.45) is 8.38. The number of rotatable bonds is 1. The van der Waals surface area contributed by atoms with Crippen molar-refractivity contribution >= 4 is 0 Å². The number of allylic oxidation sites excluding steroid dienone is 4. The highest BCUT2D eigenvalue weighted by Crippen LogP contribution is 2.37. The Balaban J connectivity index is 2.81. The van der Waals surface area contributed by atoms with Crippen LogP contribution < -0.4 is 0 Å². The first-order valence-corrected chi connectivity index (χ1v) is 4.90. The summed E-state index contributed by atoms with van der Waals surface area (Å²) < 4.78 is 0. The van der Waals surface area contributed by atoms with Crippen LogP contribution in [0.4, 0.5) is 0 Å². The van der Waals surface area contributed by atoms with E-state index in [9.17, 15) is 0 Å². The van der Waals surface area contributed by atoms with Crippen LogP contribution in [0.1, 0.15) is 47.0 Å². The molecule has 0 unspecified atom stereocenters. The second-order valence-corrected chi connectivity index (χ2v) is 4.70. The van der Waals surface area contributed by atoms with Gasteiger partial charge in [-0.3, -0.25) is 0 Å². The molecule has 0 spiro atoms. The molecule has 12 heavy (non-hydrogen) atoms. The molecule has 0 saturated heterocycles. The fraction of sp³-hybridized carbons (Fsp3) is 0.667. The lowest BCUT2D eigenvalue weighted by Gasteiger charge is -2.30. The van der Waals surface area contributed by atoms with E-state index >= 15 is 0 Å². The average molecular weight is 164 g/mol. The first-order chi connectivity index (χ1) is 5.53. The Kier molecular flexibility index (Phi) is 2.76. The van der Waals surface area contributed by atoms with Crippen molar-refractivity contribution in [1.82, 2.24) is 0 Å². The van der Waals surface area contributed by atoms with Gasteiger partial charge in [0, 0.05) is 0 Å². The molecule has 1 rings (SSSR count). The van der Waals surface area contributed by atoms with Crippen molar-refractivity contribution in [1.29, 1.82) is 0 Å². The predicted octanol–water partition coefficient (Wildman–Crippen LogP) is 4.09. The molecular weight excluding hydrogens is 144 g/mol. The van der Waals surface area contributed by atoms with Crippen LogP contribution >= 0.6 is 0 Å². The van der Waals surface area contributed by atoms with E-state index in [1.807, 2.05) is 0 Å². The smallest absolute Gasteiger partial charge is 0.0227 e. The summed E-state index contributed by atoms with van der Waals surface area (Å²) in [5.41, 5.74) is 3.55. The second kappa shape index (κ2) is 3.47. The van der Waals surface area contributed by atoms with Gasteiger partial charge in [-0.1, -0.05) is 44.1 Å². The molecule has 0 aromatic rings.